The third-order valence-electron chi connectivity index (χ3n) is 4.95. The zero-order chi connectivity index (χ0) is 25.1. The number of rotatable bonds is 7. The first-order valence-corrected chi connectivity index (χ1v) is 12.7. The predicted molar refractivity (Wildman–Crippen MR) is 145 cm³/mol. The summed E-state index contributed by atoms with van der Waals surface area (Å²) in [7, 11) is 1.24. The van der Waals surface area contributed by atoms with Gasteiger partial charge in [-0.3, -0.25) is 9.69 Å². The Balaban J connectivity index is 1.47. The first-order chi connectivity index (χ1) is 16.7. The lowest BCUT2D eigenvalue weighted by Gasteiger charge is -2.12. The number of esters is 1. The van der Waals surface area contributed by atoms with E-state index in [9.17, 15) is 14.4 Å². The minimum Gasteiger partial charge on any atom is -0.487 e. The second kappa shape index (κ2) is 11.0. The van der Waals surface area contributed by atoms with E-state index in [1.54, 1.807) is 6.08 Å². The van der Waals surface area contributed by atoms with Crippen molar-refractivity contribution in [3.63, 3.8) is 0 Å². The maximum atomic E-state index is 12.8. The minimum atomic E-state index is -0.640. The van der Waals surface area contributed by atoms with Gasteiger partial charge in [0, 0.05) is 5.02 Å². The molecule has 1 aliphatic heterocycles. The molecule has 0 unspecified atom stereocenters. The Morgan fingerprint density at radius 3 is 2.46 bits per heavy atom. The van der Waals surface area contributed by atoms with Crippen LogP contribution < -0.4 is 10.1 Å². The average Bonchev–Trinajstić information content (AvgIpc) is 3.39. The Morgan fingerprint density at radius 2 is 1.80 bits per heavy atom. The number of benzene rings is 2. The van der Waals surface area contributed by atoms with Gasteiger partial charge in [0.15, 0.2) is 0 Å². The molecule has 0 atom stereocenters. The van der Waals surface area contributed by atoms with Gasteiger partial charge in [0.2, 0.25) is 5.76 Å². The molecule has 1 fully saturated rings. The molecule has 4 rings (SSSR count). The van der Waals surface area contributed by atoms with Crippen LogP contribution in [0.1, 0.15) is 27.4 Å². The molecule has 35 heavy (non-hydrogen) atoms. The molecule has 0 aliphatic carbocycles. The summed E-state index contributed by atoms with van der Waals surface area (Å²) in [5, 5.41) is 3.25. The van der Waals surface area contributed by atoms with Gasteiger partial charge in [0.25, 0.3) is 5.91 Å². The SMILES string of the molecule is COC(=O)c1ccc(CN2C(=O)N/C(=C\c3cc(I)c(OCc4ccc(Cl)cc4)c(I)c3)C2=O)o1. The van der Waals surface area contributed by atoms with Crippen molar-refractivity contribution in [3.8, 4) is 5.75 Å². The quantitative estimate of drug-likeness (QED) is 0.148. The molecule has 0 bridgehead atoms. The van der Waals surface area contributed by atoms with Gasteiger partial charge in [-0.2, -0.15) is 0 Å². The smallest absolute Gasteiger partial charge is 0.373 e. The van der Waals surface area contributed by atoms with Gasteiger partial charge < -0.3 is 19.2 Å². The van der Waals surface area contributed by atoms with Crippen molar-refractivity contribution in [2.24, 2.45) is 0 Å². The van der Waals surface area contributed by atoms with Crippen LogP contribution in [0.25, 0.3) is 6.08 Å². The summed E-state index contributed by atoms with van der Waals surface area (Å²) in [4.78, 5) is 37.8. The predicted octanol–water partition coefficient (Wildman–Crippen LogP) is 5.60. The average molecular weight is 719 g/mol. The highest BCUT2D eigenvalue weighted by Crippen LogP contribution is 2.31. The third kappa shape index (κ3) is 5.98. The summed E-state index contributed by atoms with van der Waals surface area (Å²) in [6.07, 6.45) is 1.61. The molecule has 11 heteroatoms. The third-order valence-corrected chi connectivity index (χ3v) is 6.81. The Morgan fingerprint density at radius 1 is 1.11 bits per heavy atom. The Hall–Kier alpha value is -2.58. The van der Waals surface area contributed by atoms with Gasteiger partial charge >= 0.3 is 12.0 Å². The van der Waals surface area contributed by atoms with Gasteiger partial charge in [-0.1, -0.05) is 23.7 Å². The summed E-state index contributed by atoms with van der Waals surface area (Å²) in [5.74, 6) is -0.141. The van der Waals surface area contributed by atoms with Crippen molar-refractivity contribution in [1.29, 1.82) is 0 Å². The maximum Gasteiger partial charge on any atom is 0.373 e. The number of methoxy groups -OCH3 is 1. The van der Waals surface area contributed by atoms with Crippen LogP contribution in [0.5, 0.6) is 5.75 Å². The van der Waals surface area contributed by atoms with Crippen LogP contribution in [0.3, 0.4) is 0 Å². The number of ether oxygens (including phenoxy) is 2. The molecule has 1 aliphatic rings. The first kappa shape index (κ1) is 25.5. The number of furan rings is 1. The van der Waals surface area contributed by atoms with Crippen LogP contribution in [0.15, 0.2) is 58.6 Å². The van der Waals surface area contributed by atoms with E-state index in [1.165, 1.54) is 19.2 Å². The van der Waals surface area contributed by atoms with E-state index < -0.39 is 17.9 Å². The lowest BCUT2D eigenvalue weighted by molar-refractivity contribution is -0.123. The van der Waals surface area contributed by atoms with Crippen LogP contribution in [0, 0.1) is 7.14 Å². The molecular weight excluding hydrogens is 702 g/mol. The van der Waals surface area contributed by atoms with E-state index in [0.717, 1.165) is 28.9 Å². The summed E-state index contributed by atoms with van der Waals surface area (Å²) in [6, 6.07) is 13.5. The molecule has 0 spiro atoms. The monoisotopic (exact) mass is 718 g/mol. The van der Waals surface area contributed by atoms with Gasteiger partial charge in [0.1, 0.15) is 23.8 Å². The van der Waals surface area contributed by atoms with E-state index in [2.05, 4.69) is 55.2 Å². The van der Waals surface area contributed by atoms with Crippen molar-refractivity contribution in [3.05, 3.63) is 89.0 Å². The lowest BCUT2D eigenvalue weighted by Crippen LogP contribution is -2.30. The highest BCUT2D eigenvalue weighted by molar-refractivity contribution is 14.1. The number of carbonyl (C=O) groups excluding carboxylic acids is 3. The number of nitrogens with one attached hydrogen (secondary N) is 1. The van der Waals surface area contributed by atoms with Crippen LogP contribution in [0.2, 0.25) is 5.02 Å². The van der Waals surface area contributed by atoms with Crippen LogP contribution >= 0.6 is 56.8 Å². The topological polar surface area (TPSA) is 98.1 Å². The fraction of sp³-hybridized carbons (Fsp3) is 0.125. The summed E-state index contributed by atoms with van der Waals surface area (Å²) >= 11 is 10.3. The van der Waals surface area contributed by atoms with E-state index in [0.29, 0.717) is 11.6 Å². The number of urea groups is 1. The number of hydrogen-bond donors (Lipinski definition) is 1. The second-order valence-electron chi connectivity index (χ2n) is 7.37. The molecule has 1 aromatic heterocycles. The Labute approximate surface area is 232 Å². The van der Waals surface area contributed by atoms with Gasteiger partial charge in [-0.05, 0) is 98.8 Å². The molecular formula is C24H17ClI2N2O6. The molecule has 1 saturated heterocycles. The van der Waals surface area contributed by atoms with Crippen molar-refractivity contribution in [2.75, 3.05) is 7.11 Å². The van der Waals surface area contributed by atoms with Crippen LogP contribution in [-0.4, -0.2) is 29.9 Å². The second-order valence-corrected chi connectivity index (χ2v) is 10.1. The summed E-state index contributed by atoms with van der Waals surface area (Å²) < 4.78 is 17.7. The Kier molecular flexibility index (Phi) is 8.02. The fourth-order valence-electron chi connectivity index (χ4n) is 3.25. The zero-order valence-electron chi connectivity index (χ0n) is 18.1. The molecule has 2 aromatic carbocycles. The fourth-order valence-corrected chi connectivity index (χ4v) is 5.50. The van der Waals surface area contributed by atoms with Crippen LogP contribution in [-0.2, 0) is 22.7 Å². The van der Waals surface area contributed by atoms with E-state index in [1.807, 2.05) is 36.4 Å². The lowest BCUT2D eigenvalue weighted by atomic mass is 10.2. The summed E-state index contributed by atoms with van der Waals surface area (Å²) in [5.41, 5.74) is 1.85. The van der Waals surface area contributed by atoms with Crippen molar-refractivity contribution < 1.29 is 28.3 Å². The number of carbonyl (C=O) groups is 3. The maximum absolute atomic E-state index is 12.8. The highest BCUT2D eigenvalue weighted by atomic mass is 127. The van der Waals surface area contributed by atoms with E-state index in [-0.39, 0.29) is 23.8 Å². The normalized spacial score (nSPS) is 14.4. The van der Waals surface area contributed by atoms with Gasteiger partial charge in [0.05, 0.1) is 20.8 Å². The molecule has 3 aromatic rings. The number of halogens is 3. The van der Waals surface area contributed by atoms with Crippen LogP contribution in [0.4, 0.5) is 4.79 Å². The number of amides is 3. The van der Waals surface area contributed by atoms with Gasteiger partial charge in [-0.15, -0.1) is 0 Å². The van der Waals surface area contributed by atoms with Crippen molar-refractivity contribution >= 4 is 80.8 Å². The molecule has 180 valence electrons. The first-order valence-electron chi connectivity index (χ1n) is 10.1. The molecule has 0 saturated carbocycles. The zero-order valence-corrected chi connectivity index (χ0v) is 23.2. The molecule has 8 nitrogen and oxygen atoms in total. The standard InChI is InChI=1S/C24H17ClI2N2O6/c1-33-23(31)20-7-6-16(35-20)11-29-22(30)19(28-24(29)32)10-14-8-17(26)21(18(27)9-14)34-12-13-2-4-15(25)5-3-13/h2-10H,11-12H2,1H3,(H,28,32)/b19-10-. The van der Waals surface area contributed by atoms with Gasteiger partial charge in [-0.25, -0.2) is 9.59 Å². The highest BCUT2D eigenvalue weighted by Gasteiger charge is 2.34. The number of nitrogens with zero attached hydrogens (tertiary/aromatic N) is 1. The molecule has 1 N–H and O–H groups in total. The largest absolute Gasteiger partial charge is 0.487 e. The van der Waals surface area contributed by atoms with E-state index >= 15 is 0 Å². The molecule has 0 radical (unpaired) electrons. The minimum absolute atomic E-state index is 0.00663. The van der Waals surface area contributed by atoms with Crippen molar-refractivity contribution in [1.82, 2.24) is 10.2 Å². The molecule has 2 heterocycles. The molecule has 3 amide bonds. The van der Waals surface area contributed by atoms with Crippen molar-refractivity contribution in [2.45, 2.75) is 13.2 Å². The summed E-state index contributed by atoms with van der Waals surface area (Å²) in [6.45, 7) is 0.267. The Bertz CT molecular complexity index is 1310. The van der Waals surface area contributed by atoms with E-state index in [4.69, 9.17) is 20.8 Å². The number of hydrogen-bond acceptors (Lipinski definition) is 6. The number of imide groups is 1.